The van der Waals surface area contributed by atoms with Crippen molar-refractivity contribution < 1.29 is 18.8 Å². The Labute approximate surface area is 158 Å². The molecule has 2 amide bonds. The van der Waals surface area contributed by atoms with Crippen LogP contribution in [0.4, 0.5) is 10.2 Å². The number of Topliss-reactive ketones (excluding diaryl/α,β-unsaturated/α-hetero) is 1. The van der Waals surface area contributed by atoms with Crippen LogP contribution in [-0.2, 0) is 14.4 Å². The van der Waals surface area contributed by atoms with Crippen LogP contribution < -0.4 is 10.2 Å². The molecule has 1 aromatic rings. The molecule has 1 N–H and O–H groups in total. The predicted octanol–water partition coefficient (Wildman–Crippen LogP) is 2.57. The van der Waals surface area contributed by atoms with Crippen molar-refractivity contribution in [2.24, 2.45) is 11.8 Å². The average molecular weight is 375 g/mol. The number of ketones is 1. The van der Waals surface area contributed by atoms with Crippen LogP contribution in [0.2, 0.25) is 0 Å². The van der Waals surface area contributed by atoms with Gasteiger partial charge in [-0.2, -0.15) is 0 Å². The molecule has 2 aliphatic heterocycles. The number of imide groups is 1. The number of carbonyl (C=O) groups is 3. The molecular weight excluding hydrogens is 349 g/mol. The molecule has 2 fully saturated rings. The number of nitrogens with one attached hydrogen (secondary N) is 1. The van der Waals surface area contributed by atoms with Crippen molar-refractivity contribution in [3.63, 3.8) is 0 Å². The normalized spacial score (nSPS) is 21.5. The molecule has 0 bridgehead atoms. The van der Waals surface area contributed by atoms with Crippen LogP contribution in [0.3, 0.4) is 0 Å². The maximum Gasteiger partial charge on any atom is 0.234 e. The standard InChI is InChI=1S/C20H26FN3O3/c1-12(2)17(25)9-13-5-7-24(8-6-13)19-16(21)10-14(11-22-19)15-3-4-18(26)23-20(15)27/h10-13,15H,3-9H2,1-2H3,(H,23,26,27). The van der Waals surface area contributed by atoms with Gasteiger partial charge in [0, 0.05) is 38.0 Å². The van der Waals surface area contributed by atoms with Crippen molar-refractivity contribution in [1.82, 2.24) is 10.3 Å². The molecule has 0 aromatic carbocycles. The van der Waals surface area contributed by atoms with Crippen molar-refractivity contribution in [3.05, 3.63) is 23.6 Å². The summed E-state index contributed by atoms with van der Waals surface area (Å²) >= 11 is 0. The maximum atomic E-state index is 14.6. The highest BCUT2D eigenvalue weighted by molar-refractivity contribution is 6.00. The highest BCUT2D eigenvalue weighted by Crippen LogP contribution is 2.30. The molecule has 146 valence electrons. The van der Waals surface area contributed by atoms with Crippen LogP contribution in [0, 0.1) is 17.7 Å². The van der Waals surface area contributed by atoms with Crippen molar-refractivity contribution in [2.45, 2.75) is 51.9 Å². The minimum absolute atomic E-state index is 0.0574. The van der Waals surface area contributed by atoms with Crippen LogP contribution in [-0.4, -0.2) is 35.7 Å². The number of carbonyl (C=O) groups excluding carboxylic acids is 3. The highest BCUT2D eigenvalue weighted by Gasteiger charge is 2.30. The summed E-state index contributed by atoms with van der Waals surface area (Å²) in [6.45, 7) is 5.16. The van der Waals surface area contributed by atoms with Gasteiger partial charge in [-0.05, 0) is 36.8 Å². The van der Waals surface area contributed by atoms with Gasteiger partial charge in [-0.1, -0.05) is 13.8 Å². The minimum atomic E-state index is -0.536. The molecule has 2 aliphatic rings. The smallest absolute Gasteiger partial charge is 0.234 e. The van der Waals surface area contributed by atoms with E-state index >= 15 is 0 Å². The van der Waals surface area contributed by atoms with Crippen LogP contribution in [0.5, 0.6) is 0 Å². The number of pyridine rings is 1. The molecule has 6 nitrogen and oxygen atoms in total. The van der Waals surface area contributed by atoms with Gasteiger partial charge in [-0.15, -0.1) is 0 Å². The Morgan fingerprint density at radius 1 is 1.30 bits per heavy atom. The van der Waals surface area contributed by atoms with Crippen LogP contribution in [0.15, 0.2) is 12.3 Å². The third kappa shape index (κ3) is 4.51. The van der Waals surface area contributed by atoms with Gasteiger partial charge in [0.05, 0.1) is 5.92 Å². The molecule has 3 rings (SSSR count). The summed E-state index contributed by atoms with van der Waals surface area (Å²) in [5.74, 6) is -0.689. The Morgan fingerprint density at radius 2 is 2.00 bits per heavy atom. The zero-order valence-electron chi connectivity index (χ0n) is 15.8. The highest BCUT2D eigenvalue weighted by atomic mass is 19.1. The Balaban J connectivity index is 1.63. The quantitative estimate of drug-likeness (QED) is 0.800. The molecule has 0 aliphatic carbocycles. The second kappa shape index (κ2) is 8.15. The van der Waals surface area contributed by atoms with Gasteiger partial charge in [0.15, 0.2) is 11.6 Å². The fraction of sp³-hybridized carbons (Fsp3) is 0.600. The first-order valence-electron chi connectivity index (χ1n) is 9.62. The number of rotatable bonds is 5. The molecule has 3 heterocycles. The largest absolute Gasteiger partial charge is 0.354 e. The summed E-state index contributed by atoms with van der Waals surface area (Å²) in [6, 6.07) is 1.36. The number of piperidine rings is 2. The fourth-order valence-electron chi connectivity index (χ4n) is 3.75. The Bertz CT molecular complexity index is 742. The van der Waals surface area contributed by atoms with Crippen molar-refractivity contribution in [3.8, 4) is 0 Å². The van der Waals surface area contributed by atoms with Crippen LogP contribution in [0.1, 0.15) is 57.4 Å². The number of hydrogen-bond acceptors (Lipinski definition) is 5. The number of halogens is 1. The molecule has 7 heteroatoms. The lowest BCUT2D eigenvalue weighted by Gasteiger charge is -2.33. The Kier molecular flexibility index (Phi) is 5.87. The van der Waals surface area contributed by atoms with E-state index in [1.165, 1.54) is 12.3 Å². The zero-order valence-corrected chi connectivity index (χ0v) is 15.8. The van der Waals surface area contributed by atoms with E-state index in [1.54, 1.807) is 0 Å². The first-order valence-corrected chi connectivity index (χ1v) is 9.62. The second-order valence-electron chi connectivity index (χ2n) is 7.83. The zero-order chi connectivity index (χ0) is 19.6. The molecular formula is C20H26FN3O3. The first kappa shape index (κ1) is 19.5. The molecule has 0 spiro atoms. The van der Waals surface area contributed by atoms with E-state index in [0.29, 0.717) is 43.2 Å². The van der Waals surface area contributed by atoms with Crippen molar-refractivity contribution >= 4 is 23.4 Å². The van der Waals surface area contributed by atoms with Crippen molar-refractivity contribution in [2.75, 3.05) is 18.0 Å². The van der Waals surface area contributed by atoms with Gasteiger partial charge >= 0.3 is 0 Å². The summed E-state index contributed by atoms with van der Waals surface area (Å²) < 4.78 is 14.6. The number of hydrogen-bond donors (Lipinski definition) is 1. The lowest BCUT2D eigenvalue weighted by atomic mass is 9.88. The second-order valence-corrected chi connectivity index (χ2v) is 7.83. The van der Waals surface area contributed by atoms with E-state index in [9.17, 15) is 18.8 Å². The molecule has 1 aromatic heterocycles. The van der Waals surface area contributed by atoms with Gasteiger partial charge in [0.2, 0.25) is 11.8 Å². The van der Waals surface area contributed by atoms with Gasteiger partial charge < -0.3 is 4.90 Å². The topological polar surface area (TPSA) is 79.4 Å². The van der Waals surface area contributed by atoms with Gasteiger partial charge in [0.25, 0.3) is 0 Å². The Hall–Kier alpha value is -2.31. The SMILES string of the molecule is CC(C)C(=O)CC1CCN(c2ncc(C3CCC(=O)NC3=O)cc2F)CC1. The van der Waals surface area contributed by atoms with Gasteiger partial charge in [-0.25, -0.2) is 9.37 Å². The summed E-state index contributed by atoms with van der Waals surface area (Å²) in [5.41, 5.74) is 0.499. The fourth-order valence-corrected chi connectivity index (χ4v) is 3.75. The van der Waals surface area contributed by atoms with Crippen LogP contribution >= 0.6 is 0 Å². The minimum Gasteiger partial charge on any atom is -0.354 e. The number of nitrogens with zero attached hydrogens (tertiary/aromatic N) is 2. The van der Waals surface area contributed by atoms with E-state index < -0.39 is 17.6 Å². The van der Waals surface area contributed by atoms with Crippen molar-refractivity contribution in [1.29, 1.82) is 0 Å². The first-order chi connectivity index (χ1) is 12.8. The number of aromatic nitrogens is 1. The summed E-state index contributed by atoms with van der Waals surface area (Å²) in [7, 11) is 0. The van der Waals surface area contributed by atoms with E-state index in [4.69, 9.17) is 0 Å². The summed E-state index contributed by atoms with van der Waals surface area (Å²) in [6.07, 6.45) is 4.44. The predicted molar refractivity (Wildman–Crippen MR) is 98.7 cm³/mol. The lowest BCUT2D eigenvalue weighted by Crippen LogP contribution is -2.39. The Morgan fingerprint density at radius 3 is 2.59 bits per heavy atom. The molecule has 0 radical (unpaired) electrons. The molecule has 2 saturated heterocycles. The summed E-state index contributed by atoms with van der Waals surface area (Å²) in [4.78, 5) is 41.3. The molecule has 27 heavy (non-hydrogen) atoms. The number of amides is 2. The van der Waals surface area contributed by atoms with Gasteiger partial charge in [0.1, 0.15) is 5.78 Å². The van der Waals surface area contributed by atoms with E-state index in [-0.39, 0.29) is 24.0 Å². The van der Waals surface area contributed by atoms with Crippen LogP contribution in [0.25, 0.3) is 0 Å². The molecule has 0 saturated carbocycles. The lowest BCUT2D eigenvalue weighted by molar-refractivity contribution is -0.134. The van der Waals surface area contributed by atoms with Gasteiger partial charge in [-0.3, -0.25) is 19.7 Å². The molecule has 1 atom stereocenters. The third-order valence-electron chi connectivity index (χ3n) is 5.53. The summed E-state index contributed by atoms with van der Waals surface area (Å²) in [5, 5.41) is 2.29. The average Bonchev–Trinajstić information content (AvgIpc) is 2.62. The third-order valence-corrected chi connectivity index (χ3v) is 5.53. The molecule has 1 unspecified atom stereocenters. The number of anilines is 1. The van der Waals surface area contributed by atoms with E-state index in [2.05, 4.69) is 10.3 Å². The maximum absolute atomic E-state index is 14.6. The van der Waals surface area contributed by atoms with E-state index in [0.717, 1.165) is 12.8 Å². The van der Waals surface area contributed by atoms with E-state index in [1.807, 2.05) is 18.7 Å². The monoisotopic (exact) mass is 375 g/mol.